The molecular formula is C30H47FN6O2. The number of aromatic nitrogens is 3. The molecule has 0 amide bonds. The fourth-order valence-corrected chi connectivity index (χ4v) is 6.41. The van der Waals surface area contributed by atoms with Crippen LogP contribution in [0.3, 0.4) is 0 Å². The number of halogens is 1. The van der Waals surface area contributed by atoms with Gasteiger partial charge in [-0.15, -0.1) is 0 Å². The van der Waals surface area contributed by atoms with E-state index in [-0.39, 0.29) is 5.82 Å². The molecule has 1 unspecified atom stereocenters. The quantitative estimate of drug-likeness (QED) is 0.267. The summed E-state index contributed by atoms with van der Waals surface area (Å²) in [5.41, 5.74) is 0.405. The van der Waals surface area contributed by atoms with Crippen molar-refractivity contribution in [2.45, 2.75) is 83.8 Å². The molecule has 9 heteroatoms. The first-order valence-electron chi connectivity index (χ1n) is 14.8. The molecule has 0 radical (unpaired) electrons. The molecule has 2 aromatic rings. The van der Waals surface area contributed by atoms with Crippen LogP contribution in [0.2, 0.25) is 0 Å². The normalized spacial score (nSPS) is 27.2. The molecule has 0 aliphatic heterocycles. The topological polar surface area (TPSA) is 104 Å². The zero-order valence-corrected chi connectivity index (χ0v) is 23.9. The second kappa shape index (κ2) is 14.2. The Morgan fingerprint density at radius 3 is 2.49 bits per heavy atom. The van der Waals surface area contributed by atoms with Crippen LogP contribution in [0, 0.1) is 29.5 Å². The maximum absolute atomic E-state index is 14.6. The van der Waals surface area contributed by atoms with Crippen LogP contribution in [0.15, 0.2) is 24.5 Å². The fraction of sp³-hybridized carbons (Fsp3) is 0.700. The van der Waals surface area contributed by atoms with Crippen molar-refractivity contribution in [1.29, 1.82) is 0 Å². The minimum Gasteiger partial charge on any atom is -0.481 e. The molecule has 2 saturated carbocycles. The van der Waals surface area contributed by atoms with Gasteiger partial charge in [0.05, 0.1) is 18.9 Å². The first-order valence-corrected chi connectivity index (χ1v) is 14.8. The zero-order valence-electron chi connectivity index (χ0n) is 23.9. The van der Waals surface area contributed by atoms with Crippen molar-refractivity contribution in [3.63, 3.8) is 0 Å². The molecular weight excluding hydrogens is 495 g/mol. The maximum atomic E-state index is 14.6. The van der Waals surface area contributed by atoms with Gasteiger partial charge in [-0.2, -0.15) is 4.98 Å². The molecule has 0 spiro atoms. The molecule has 39 heavy (non-hydrogen) atoms. The van der Waals surface area contributed by atoms with E-state index in [1.54, 1.807) is 13.3 Å². The second-order valence-corrected chi connectivity index (χ2v) is 12.0. The number of aliphatic hydroxyl groups is 1. The lowest BCUT2D eigenvalue weighted by molar-refractivity contribution is 0.00799. The maximum Gasteiger partial charge on any atom is 0.225 e. The summed E-state index contributed by atoms with van der Waals surface area (Å²) in [7, 11) is 1.59. The Morgan fingerprint density at radius 1 is 1.03 bits per heavy atom. The van der Waals surface area contributed by atoms with Crippen LogP contribution in [-0.4, -0.2) is 52.4 Å². The third kappa shape index (κ3) is 9.00. The molecule has 2 aliphatic rings. The second-order valence-electron chi connectivity index (χ2n) is 12.0. The minimum absolute atomic E-state index is 0.242. The molecule has 4 rings (SSSR count). The number of nitrogens with zero attached hydrogens (tertiary/aromatic N) is 3. The number of pyridine rings is 1. The van der Waals surface area contributed by atoms with Gasteiger partial charge in [0.1, 0.15) is 0 Å². The summed E-state index contributed by atoms with van der Waals surface area (Å²) in [5.74, 6) is 3.21. The van der Waals surface area contributed by atoms with Gasteiger partial charge in [0.15, 0.2) is 11.6 Å². The molecule has 0 bridgehead atoms. The van der Waals surface area contributed by atoms with Gasteiger partial charge in [-0.25, -0.2) is 14.4 Å². The smallest absolute Gasteiger partial charge is 0.225 e. The van der Waals surface area contributed by atoms with Gasteiger partial charge >= 0.3 is 0 Å². The zero-order chi connectivity index (χ0) is 27.7. The van der Waals surface area contributed by atoms with Gasteiger partial charge in [0.2, 0.25) is 11.8 Å². The van der Waals surface area contributed by atoms with Crippen LogP contribution in [-0.2, 0) is 6.54 Å². The molecule has 3 atom stereocenters. The number of hydrogen-bond donors (Lipinski definition) is 4. The lowest BCUT2D eigenvalue weighted by atomic mass is 9.73. The van der Waals surface area contributed by atoms with Crippen molar-refractivity contribution in [3.8, 4) is 5.88 Å². The largest absolute Gasteiger partial charge is 0.481 e. The number of anilines is 2. The molecule has 2 aromatic heterocycles. The third-order valence-corrected chi connectivity index (χ3v) is 8.53. The summed E-state index contributed by atoms with van der Waals surface area (Å²) < 4.78 is 19.9. The highest BCUT2D eigenvalue weighted by Crippen LogP contribution is 2.36. The third-order valence-electron chi connectivity index (χ3n) is 8.53. The van der Waals surface area contributed by atoms with Gasteiger partial charge in [0.25, 0.3) is 0 Å². The SMILES string of the molecule is CCCC1C[C@@H](CNCC2CCC(C)(O)CC2)C[C@H](CNc2nc(NCc3cccnc3OC)ncc2F)C1. The van der Waals surface area contributed by atoms with E-state index in [1.807, 2.05) is 19.1 Å². The van der Waals surface area contributed by atoms with Crippen molar-refractivity contribution in [2.24, 2.45) is 23.7 Å². The summed E-state index contributed by atoms with van der Waals surface area (Å²) in [4.78, 5) is 12.7. The predicted octanol–water partition coefficient (Wildman–Crippen LogP) is 5.41. The average Bonchev–Trinajstić information content (AvgIpc) is 2.93. The molecule has 216 valence electrons. The van der Waals surface area contributed by atoms with Crippen LogP contribution in [0.25, 0.3) is 0 Å². The van der Waals surface area contributed by atoms with Crippen molar-refractivity contribution in [1.82, 2.24) is 20.3 Å². The monoisotopic (exact) mass is 542 g/mol. The van der Waals surface area contributed by atoms with E-state index in [2.05, 4.69) is 37.8 Å². The van der Waals surface area contributed by atoms with Crippen molar-refractivity contribution < 1.29 is 14.2 Å². The van der Waals surface area contributed by atoms with Gasteiger partial charge in [-0.1, -0.05) is 25.8 Å². The summed E-state index contributed by atoms with van der Waals surface area (Å²) in [6, 6.07) is 3.76. The Bertz CT molecular complexity index is 1030. The lowest BCUT2D eigenvalue weighted by Gasteiger charge is -2.36. The Hall–Kier alpha value is -2.52. The highest BCUT2D eigenvalue weighted by atomic mass is 19.1. The fourth-order valence-electron chi connectivity index (χ4n) is 6.41. The van der Waals surface area contributed by atoms with Crippen LogP contribution in [0.4, 0.5) is 16.2 Å². The summed E-state index contributed by atoms with van der Waals surface area (Å²) in [5, 5.41) is 20.4. The molecule has 4 N–H and O–H groups in total. The van der Waals surface area contributed by atoms with Gasteiger partial charge < -0.3 is 25.8 Å². The first kappa shape index (κ1) is 29.5. The van der Waals surface area contributed by atoms with E-state index in [9.17, 15) is 9.50 Å². The van der Waals surface area contributed by atoms with Crippen LogP contribution in [0.1, 0.15) is 77.2 Å². The van der Waals surface area contributed by atoms with E-state index < -0.39 is 11.4 Å². The standard InChI is InChI=1S/C30H47FN6O2/c1-4-6-22-13-23(17-32-16-21-8-10-30(2,38)11-9-21)15-24(14-22)18-34-27-26(31)20-36-29(37-27)35-19-25-7-5-12-33-28(25)39-3/h5,7,12,20-24,32,38H,4,6,8-11,13-19H2,1-3H3,(H2,34,35,36,37)/t21?,22?,23-,24-,30?/m1/s1. The molecule has 2 aliphatic carbocycles. The summed E-state index contributed by atoms with van der Waals surface area (Å²) in [6.07, 6.45) is 12.9. The molecule has 0 saturated heterocycles. The van der Waals surface area contributed by atoms with E-state index in [1.165, 1.54) is 31.9 Å². The highest BCUT2D eigenvalue weighted by Gasteiger charge is 2.30. The number of ether oxygens (including phenoxy) is 1. The van der Waals surface area contributed by atoms with Crippen LogP contribution >= 0.6 is 0 Å². The number of hydrogen-bond acceptors (Lipinski definition) is 8. The van der Waals surface area contributed by atoms with Gasteiger partial charge in [-0.05, 0) is 94.7 Å². The van der Waals surface area contributed by atoms with Crippen LogP contribution < -0.4 is 20.7 Å². The van der Waals surface area contributed by atoms with Crippen LogP contribution in [0.5, 0.6) is 5.88 Å². The Labute approximate surface area is 233 Å². The van der Waals surface area contributed by atoms with Gasteiger partial charge in [0, 0.05) is 24.8 Å². The lowest BCUT2D eigenvalue weighted by Crippen LogP contribution is -2.37. The Morgan fingerprint density at radius 2 is 1.74 bits per heavy atom. The van der Waals surface area contributed by atoms with E-state index in [0.717, 1.165) is 50.8 Å². The highest BCUT2D eigenvalue weighted by molar-refractivity contribution is 5.42. The molecule has 2 heterocycles. The first-order chi connectivity index (χ1) is 18.8. The summed E-state index contributed by atoms with van der Waals surface area (Å²) in [6.45, 7) is 7.44. The van der Waals surface area contributed by atoms with E-state index in [0.29, 0.717) is 48.6 Å². The molecule has 2 fully saturated rings. The van der Waals surface area contributed by atoms with Crippen molar-refractivity contribution >= 4 is 11.8 Å². The van der Waals surface area contributed by atoms with E-state index >= 15 is 0 Å². The van der Waals surface area contributed by atoms with E-state index in [4.69, 9.17) is 4.74 Å². The summed E-state index contributed by atoms with van der Waals surface area (Å²) >= 11 is 0. The number of methoxy groups -OCH3 is 1. The Kier molecular flexibility index (Phi) is 10.7. The molecule has 8 nitrogen and oxygen atoms in total. The average molecular weight is 543 g/mol. The van der Waals surface area contributed by atoms with Crippen molar-refractivity contribution in [3.05, 3.63) is 35.9 Å². The van der Waals surface area contributed by atoms with Gasteiger partial charge in [-0.3, -0.25) is 0 Å². The van der Waals surface area contributed by atoms with Crippen molar-refractivity contribution in [2.75, 3.05) is 37.4 Å². The predicted molar refractivity (Wildman–Crippen MR) is 153 cm³/mol. The Balaban J connectivity index is 1.28. The molecule has 0 aromatic carbocycles. The minimum atomic E-state index is -0.472. The number of nitrogens with one attached hydrogen (secondary N) is 3. The number of rotatable bonds is 13.